The normalized spacial score (nSPS) is 10.4. The average molecular weight is 378 g/mol. The van der Waals surface area contributed by atoms with Gasteiger partial charge in [0.15, 0.2) is 0 Å². The number of amides is 1. The first-order chi connectivity index (χ1) is 13.1. The Bertz CT molecular complexity index is 910. The molecule has 1 amide bonds. The number of hydrogen-bond acceptors (Lipinski definition) is 4. The number of non-ortho nitro benzene ring substituents is 1. The van der Waals surface area contributed by atoms with Crippen LogP contribution >= 0.6 is 11.8 Å². The molecule has 0 fully saturated rings. The van der Waals surface area contributed by atoms with E-state index >= 15 is 0 Å². The van der Waals surface area contributed by atoms with E-state index in [1.165, 1.54) is 17.7 Å². The van der Waals surface area contributed by atoms with Gasteiger partial charge in [0, 0.05) is 23.6 Å². The number of rotatable bonds is 7. The van der Waals surface area contributed by atoms with Crippen LogP contribution in [0.2, 0.25) is 0 Å². The van der Waals surface area contributed by atoms with Gasteiger partial charge >= 0.3 is 0 Å². The van der Waals surface area contributed by atoms with E-state index in [0.717, 1.165) is 22.6 Å². The van der Waals surface area contributed by atoms with Crippen LogP contribution in [0.5, 0.6) is 0 Å². The van der Waals surface area contributed by atoms with Crippen LogP contribution in [-0.2, 0) is 10.5 Å². The van der Waals surface area contributed by atoms with Gasteiger partial charge in [-0.1, -0.05) is 42.5 Å². The van der Waals surface area contributed by atoms with Crippen molar-refractivity contribution in [2.45, 2.75) is 5.75 Å². The molecular weight excluding hydrogens is 360 g/mol. The van der Waals surface area contributed by atoms with Gasteiger partial charge in [0.1, 0.15) is 0 Å². The lowest BCUT2D eigenvalue weighted by atomic mass is 10.1. The molecule has 0 aliphatic carbocycles. The predicted molar refractivity (Wildman–Crippen MR) is 110 cm³/mol. The van der Waals surface area contributed by atoms with Crippen LogP contribution in [-0.4, -0.2) is 16.6 Å². The Balaban J connectivity index is 1.52. The second-order valence-corrected chi connectivity index (χ2v) is 6.89. The first kappa shape index (κ1) is 18.7. The van der Waals surface area contributed by atoms with Crippen molar-refractivity contribution >= 4 is 29.0 Å². The number of nitro groups is 1. The lowest BCUT2D eigenvalue weighted by Crippen LogP contribution is -2.14. The summed E-state index contributed by atoms with van der Waals surface area (Å²) in [5.41, 5.74) is 3.81. The molecular formula is C21H18N2O3S. The Labute approximate surface area is 161 Å². The van der Waals surface area contributed by atoms with Crippen molar-refractivity contribution in [1.82, 2.24) is 0 Å². The first-order valence-electron chi connectivity index (χ1n) is 8.38. The second-order valence-electron chi connectivity index (χ2n) is 5.91. The fraction of sp³-hybridized carbons (Fsp3) is 0.0952. The highest BCUT2D eigenvalue weighted by Gasteiger charge is 2.06. The van der Waals surface area contributed by atoms with Crippen molar-refractivity contribution in [2.75, 3.05) is 11.1 Å². The Hall–Kier alpha value is -3.12. The summed E-state index contributed by atoms with van der Waals surface area (Å²) in [6.45, 7) is 0. The van der Waals surface area contributed by atoms with Gasteiger partial charge in [0.05, 0.1) is 10.7 Å². The topological polar surface area (TPSA) is 72.2 Å². The van der Waals surface area contributed by atoms with Crippen LogP contribution in [0.15, 0.2) is 78.9 Å². The number of nitro benzene ring substituents is 1. The highest BCUT2D eigenvalue weighted by molar-refractivity contribution is 7.99. The third kappa shape index (κ3) is 5.43. The molecule has 5 nitrogen and oxygen atoms in total. The number of carbonyl (C=O) groups is 1. The second kappa shape index (κ2) is 9.00. The lowest BCUT2D eigenvalue weighted by molar-refractivity contribution is -0.384. The Kier molecular flexibility index (Phi) is 6.22. The number of nitrogens with zero attached hydrogens (tertiary/aromatic N) is 1. The van der Waals surface area contributed by atoms with Crippen LogP contribution in [0, 0.1) is 10.1 Å². The van der Waals surface area contributed by atoms with Gasteiger partial charge in [-0.3, -0.25) is 14.9 Å². The zero-order valence-electron chi connectivity index (χ0n) is 14.5. The molecule has 3 rings (SSSR count). The molecule has 0 radical (unpaired) electrons. The summed E-state index contributed by atoms with van der Waals surface area (Å²) in [5, 5.41) is 13.6. The summed E-state index contributed by atoms with van der Waals surface area (Å²) in [6.07, 6.45) is 0. The molecule has 0 spiro atoms. The lowest BCUT2D eigenvalue weighted by Gasteiger charge is -2.07. The molecule has 0 aliphatic heterocycles. The zero-order chi connectivity index (χ0) is 19.1. The number of carbonyl (C=O) groups excluding carboxylic acids is 1. The summed E-state index contributed by atoms with van der Waals surface area (Å²) >= 11 is 1.57. The molecule has 0 aliphatic rings. The van der Waals surface area contributed by atoms with Gasteiger partial charge in [-0.05, 0) is 41.0 Å². The number of hydrogen-bond donors (Lipinski definition) is 1. The smallest absolute Gasteiger partial charge is 0.269 e. The minimum absolute atomic E-state index is 0.0426. The van der Waals surface area contributed by atoms with Crippen molar-refractivity contribution in [1.29, 1.82) is 0 Å². The van der Waals surface area contributed by atoms with Gasteiger partial charge < -0.3 is 5.32 Å². The molecule has 0 atom stereocenters. The molecule has 0 aromatic heterocycles. The molecule has 3 aromatic rings. The van der Waals surface area contributed by atoms with E-state index in [4.69, 9.17) is 0 Å². The monoisotopic (exact) mass is 378 g/mol. The number of thioether (sulfide) groups is 1. The fourth-order valence-corrected chi connectivity index (χ4v) is 3.34. The number of anilines is 1. The van der Waals surface area contributed by atoms with Crippen molar-refractivity contribution in [3.63, 3.8) is 0 Å². The van der Waals surface area contributed by atoms with Gasteiger partial charge in [-0.25, -0.2) is 0 Å². The Morgan fingerprint density at radius 1 is 0.889 bits per heavy atom. The predicted octanol–water partition coefficient (Wildman–Crippen LogP) is 5.13. The molecule has 3 aromatic carbocycles. The Morgan fingerprint density at radius 2 is 1.48 bits per heavy atom. The quantitative estimate of drug-likeness (QED) is 0.457. The van der Waals surface area contributed by atoms with Gasteiger partial charge in [-0.15, -0.1) is 11.8 Å². The fourth-order valence-electron chi connectivity index (χ4n) is 2.55. The van der Waals surface area contributed by atoms with E-state index in [2.05, 4.69) is 5.32 Å². The van der Waals surface area contributed by atoms with Crippen LogP contribution in [0.3, 0.4) is 0 Å². The molecule has 136 valence electrons. The van der Waals surface area contributed by atoms with Crippen molar-refractivity contribution in [3.05, 3.63) is 94.5 Å². The van der Waals surface area contributed by atoms with E-state index in [1.807, 2.05) is 54.6 Å². The maximum atomic E-state index is 12.1. The molecule has 27 heavy (non-hydrogen) atoms. The summed E-state index contributed by atoms with van der Waals surface area (Å²) < 4.78 is 0. The SMILES string of the molecule is O=C(CSCc1ccccc1)Nc1ccc(-c2ccc([N+](=O)[O-])cc2)cc1. The number of benzene rings is 3. The van der Waals surface area contributed by atoms with Gasteiger partial charge in [-0.2, -0.15) is 0 Å². The zero-order valence-corrected chi connectivity index (χ0v) is 15.3. The van der Waals surface area contributed by atoms with Crippen LogP contribution in [0.4, 0.5) is 11.4 Å². The molecule has 0 saturated heterocycles. The Morgan fingerprint density at radius 3 is 2.07 bits per heavy atom. The molecule has 0 unspecified atom stereocenters. The van der Waals surface area contributed by atoms with E-state index in [0.29, 0.717) is 5.75 Å². The van der Waals surface area contributed by atoms with E-state index in [1.54, 1.807) is 23.9 Å². The summed E-state index contributed by atoms with van der Waals surface area (Å²) in [6, 6.07) is 23.9. The average Bonchev–Trinajstić information content (AvgIpc) is 2.69. The standard InChI is InChI=1S/C21H18N2O3S/c24-21(15-27-14-16-4-2-1-3-5-16)22-19-10-6-17(7-11-19)18-8-12-20(13-9-18)23(25)26/h1-13H,14-15H2,(H,22,24). The van der Waals surface area contributed by atoms with Crippen LogP contribution in [0.25, 0.3) is 11.1 Å². The third-order valence-corrected chi connectivity index (χ3v) is 4.93. The highest BCUT2D eigenvalue weighted by atomic mass is 32.2. The van der Waals surface area contributed by atoms with Gasteiger partial charge in [0.25, 0.3) is 5.69 Å². The van der Waals surface area contributed by atoms with E-state index in [-0.39, 0.29) is 11.6 Å². The minimum Gasteiger partial charge on any atom is -0.325 e. The van der Waals surface area contributed by atoms with Crippen LogP contribution in [0.1, 0.15) is 5.56 Å². The maximum Gasteiger partial charge on any atom is 0.269 e. The summed E-state index contributed by atoms with van der Waals surface area (Å²) in [7, 11) is 0. The van der Waals surface area contributed by atoms with Crippen molar-refractivity contribution in [2.24, 2.45) is 0 Å². The minimum atomic E-state index is -0.418. The summed E-state index contributed by atoms with van der Waals surface area (Å²) in [5.74, 6) is 1.14. The maximum absolute atomic E-state index is 12.1. The number of nitrogens with one attached hydrogen (secondary N) is 1. The highest BCUT2D eigenvalue weighted by Crippen LogP contribution is 2.24. The molecule has 1 N–H and O–H groups in total. The van der Waals surface area contributed by atoms with Crippen molar-refractivity contribution in [3.8, 4) is 11.1 Å². The van der Waals surface area contributed by atoms with Crippen molar-refractivity contribution < 1.29 is 9.72 Å². The van der Waals surface area contributed by atoms with E-state index in [9.17, 15) is 14.9 Å². The molecule has 0 heterocycles. The molecule has 0 bridgehead atoms. The van der Waals surface area contributed by atoms with Crippen LogP contribution < -0.4 is 5.32 Å². The van der Waals surface area contributed by atoms with E-state index < -0.39 is 4.92 Å². The molecule has 0 saturated carbocycles. The largest absolute Gasteiger partial charge is 0.325 e. The van der Waals surface area contributed by atoms with Gasteiger partial charge in [0.2, 0.25) is 5.91 Å². The summed E-state index contributed by atoms with van der Waals surface area (Å²) in [4.78, 5) is 22.4. The third-order valence-electron chi connectivity index (χ3n) is 3.92. The first-order valence-corrected chi connectivity index (χ1v) is 9.54. The molecule has 6 heteroatoms.